The average molecular weight is 379 g/mol. The van der Waals surface area contributed by atoms with Crippen LogP contribution in [0, 0.1) is 5.82 Å². The van der Waals surface area contributed by atoms with Crippen molar-refractivity contribution in [3.63, 3.8) is 0 Å². The zero-order valence-corrected chi connectivity index (χ0v) is 15.9. The number of hydrogen-bond acceptors (Lipinski definition) is 6. The summed E-state index contributed by atoms with van der Waals surface area (Å²) in [4.78, 5) is 13.9. The van der Waals surface area contributed by atoms with E-state index in [1.807, 2.05) is 13.8 Å². The third-order valence-electron chi connectivity index (χ3n) is 3.41. The second kappa shape index (κ2) is 9.38. The van der Waals surface area contributed by atoms with Gasteiger partial charge in [-0.05, 0) is 45.0 Å². The zero-order valence-electron chi connectivity index (χ0n) is 15.1. The van der Waals surface area contributed by atoms with Gasteiger partial charge >= 0.3 is 0 Å². The highest BCUT2D eigenvalue weighted by molar-refractivity contribution is 7.99. The number of rotatable bonds is 9. The van der Waals surface area contributed by atoms with E-state index < -0.39 is 6.10 Å². The fraction of sp³-hybridized carbons (Fsp3) is 0.389. The molecule has 1 heterocycles. The molecule has 0 fully saturated rings. The number of benzene rings is 1. The van der Waals surface area contributed by atoms with Crippen LogP contribution in [0.4, 0.5) is 4.39 Å². The van der Waals surface area contributed by atoms with Crippen LogP contribution in [0.1, 0.15) is 32.8 Å². The van der Waals surface area contributed by atoms with Gasteiger partial charge in [-0.15, -0.1) is 10.2 Å². The summed E-state index contributed by atoms with van der Waals surface area (Å²) >= 11 is 1.18. The highest BCUT2D eigenvalue weighted by atomic mass is 32.2. The topological polar surface area (TPSA) is 68.5 Å². The Morgan fingerprint density at radius 2 is 2.08 bits per heavy atom. The summed E-state index contributed by atoms with van der Waals surface area (Å²) in [6, 6.07) is 5.68. The molecule has 0 saturated heterocycles. The standard InChI is InChI=1S/C18H22FN3O3S/c1-5-22(10-12(2)3)16(23)11-26-18-21-20-17(25-18)13(4)24-15-8-6-14(19)7-9-15/h6-9,13H,2,5,10-11H2,1,3-4H3. The molecule has 26 heavy (non-hydrogen) atoms. The maximum Gasteiger partial charge on any atom is 0.277 e. The minimum Gasteiger partial charge on any atom is -0.481 e. The first kappa shape index (κ1) is 20.0. The minimum atomic E-state index is -0.492. The van der Waals surface area contributed by atoms with Gasteiger partial charge in [0.1, 0.15) is 11.6 Å². The average Bonchev–Trinajstić information content (AvgIpc) is 3.08. The molecule has 8 heteroatoms. The summed E-state index contributed by atoms with van der Waals surface area (Å²) in [5.74, 6) is 0.642. The first-order valence-electron chi connectivity index (χ1n) is 8.19. The van der Waals surface area contributed by atoms with Crippen LogP contribution >= 0.6 is 11.8 Å². The van der Waals surface area contributed by atoms with Gasteiger partial charge in [-0.25, -0.2) is 4.39 Å². The fourth-order valence-electron chi connectivity index (χ4n) is 2.13. The van der Waals surface area contributed by atoms with E-state index in [1.54, 1.807) is 11.8 Å². The van der Waals surface area contributed by atoms with E-state index >= 15 is 0 Å². The molecule has 1 atom stereocenters. The Morgan fingerprint density at radius 3 is 2.69 bits per heavy atom. The van der Waals surface area contributed by atoms with Crippen molar-refractivity contribution in [3.8, 4) is 5.75 Å². The highest BCUT2D eigenvalue weighted by Gasteiger charge is 2.18. The third-order valence-corrected chi connectivity index (χ3v) is 4.21. The molecule has 1 aromatic heterocycles. The molecule has 2 aromatic rings. The van der Waals surface area contributed by atoms with Gasteiger partial charge in [0.15, 0.2) is 6.10 Å². The lowest BCUT2D eigenvalue weighted by atomic mass is 10.3. The third kappa shape index (κ3) is 5.87. The molecular formula is C18H22FN3O3S. The Labute approximate surface area is 156 Å². The van der Waals surface area contributed by atoms with Crippen LogP contribution < -0.4 is 4.74 Å². The predicted molar refractivity (Wildman–Crippen MR) is 97.5 cm³/mol. The van der Waals surface area contributed by atoms with Gasteiger partial charge in [0.05, 0.1) is 5.75 Å². The van der Waals surface area contributed by atoms with Gasteiger partial charge in [0.25, 0.3) is 11.1 Å². The number of hydrogen-bond donors (Lipinski definition) is 0. The van der Waals surface area contributed by atoms with Crippen molar-refractivity contribution in [2.45, 2.75) is 32.1 Å². The van der Waals surface area contributed by atoms with E-state index in [1.165, 1.54) is 36.0 Å². The molecule has 0 aliphatic rings. The molecule has 0 spiro atoms. The quantitative estimate of drug-likeness (QED) is 0.487. The number of ether oxygens (including phenoxy) is 1. The molecule has 0 saturated carbocycles. The maximum absolute atomic E-state index is 12.9. The molecule has 0 aliphatic carbocycles. The van der Waals surface area contributed by atoms with Crippen molar-refractivity contribution in [2.75, 3.05) is 18.8 Å². The van der Waals surface area contributed by atoms with E-state index in [2.05, 4.69) is 16.8 Å². The molecule has 1 unspecified atom stereocenters. The number of halogens is 1. The summed E-state index contributed by atoms with van der Waals surface area (Å²) in [6.45, 7) is 10.5. The molecule has 140 valence electrons. The SMILES string of the molecule is C=C(C)CN(CC)C(=O)CSc1nnc(C(C)Oc2ccc(F)cc2)o1. The monoisotopic (exact) mass is 379 g/mol. The lowest BCUT2D eigenvalue weighted by molar-refractivity contribution is -0.127. The van der Waals surface area contributed by atoms with Crippen LogP contribution in [-0.4, -0.2) is 39.8 Å². The van der Waals surface area contributed by atoms with Gasteiger partial charge in [-0.2, -0.15) is 0 Å². The molecule has 2 rings (SSSR count). The van der Waals surface area contributed by atoms with E-state index in [4.69, 9.17) is 9.15 Å². The fourth-order valence-corrected chi connectivity index (χ4v) is 2.80. The van der Waals surface area contributed by atoms with Crippen molar-refractivity contribution in [1.82, 2.24) is 15.1 Å². The summed E-state index contributed by atoms with van der Waals surface area (Å²) in [5.41, 5.74) is 0.928. The van der Waals surface area contributed by atoms with Crippen LogP contribution in [0.5, 0.6) is 5.75 Å². The van der Waals surface area contributed by atoms with Gasteiger partial charge in [0.2, 0.25) is 5.91 Å². The van der Waals surface area contributed by atoms with Crippen molar-refractivity contribution in [3.05, 3.63) is 48.1 Å². The second-order valence-electron chi connectivity index (χ2n) is 5.77. The first-order chi connectivity index (χ1) is 12.4. The van der Waals surface area contributed by atoms with Crippen LogP contribution in [0.2, 0.25) is 0 Å². The number of nitrogens with zero attached hydrogens (tertiary/aromatic N) is 3. The molecule has 0 N–H and O–H groups in total. The number of amides is 1. The van der Waals surface area contributed by atoms with E-state index in [-0.39, 0.29) is 17.5 Å². The Kier molecular flexibility index (Phi) is 7.20. The Balaban J connectivity index is 1.89. The summed E-state index contributed by atoms with van der Waals surface area (Å²) < 4.78 is 24.1. The molecule has 6 nitrogen and oxygen atoms in total. The number of likely N-dealkylation sites (N-methyl/N-ethyl adjacent to an activating group) is 1. The Hall–Kier alpha value is -2.35. The largest absolute Gasteiger partial charge is 0.481 e. The van der Waals surface area contributed by atoms with Gasteiger partial charge in [-0.1, -0.05) is 23.9 Å². The number of thioether (sulfide) groups is 1. The number of carbonyl (C=O) groups is 1. The molecule has 1 amide bonds. The van der Waals surface area contributed by atoms with E-state index in [9.17, 15) is 9.18 Å². The van der Waals surface area contributed by atoms with Crippen LogP contribution in [0.15, 0.2) is 46.1 Å². The number of aromatic nitrogens is 2. The normalized spacial score (nSPS) is 11.8. The van der Waals surface area contributed by atoms with E-state index in [0.29, 0.717) is 30.0 Å². The molecule has 0 bridgehead atoms. The summed E-state index contributed by atoms with van der Waals surface area (Å²) in [6.07, 6.45) is -0.492. The van der Waals surface area contributed by atoms with Crippen molar-refractivity contribution in [2.24, 2.45) is 0 Å². The highest BCUT2D eigenvalue weighted by Crippen LogP contribution is 2.24. The number of carbonyl (C=O) groups excluding carboxylic acids is 1. The zero-order chi connectivity index (χ0) is 19.1. The first-order valence-corrected chi connectivity index (χ1v) is 9.18. The Morgan fingerprint density at radius 1 is 1.38 bits per heavy atom. The summed E-state index contributed by atoms with van der Waals surface area (Å²) in [7, 11) is 0. The second-order valence-corrected chi connectivity index (χ2v) is 6.70. The van der Waals surface area contributed by atoms with Crippen molar-refractivity contribution < 1.29 is 18.3 Å². The lowest BCUT2D eigenvalue weighted by Crippen LogP contribution is -2.33. The van der Waals surface area contributed by atoms with Gasteiger partial charge < -0.3 is 14.1 Å². The van der Waals surface area contributed by atoms with Crippen LogP contribution in [-0.2, 0) is 4.79 Å². The smallest absolute Gasteiger partial charge is 0.277 e. The maximum atomic E-state index is 12.9. The Bertz CT molecular complexity index is 748. The van der Waals surface area contributed by atoms with Crippen LogP contribution in [0.25, 0.3) is 0 Å². The van der Waals surface area contributed by atoms with Crippen LogP contribution in [0.3, 0.4) is 0 Å². The van der Waals surface area contributed by atoms with Gasteiger partial charge in [0, 0.05) is 13.1 Å². The van der Waals surface area contributed by atoms with Gasteiger partial charge in [-0.3, -0.25) is 4.79 Å². The van der Waals surface area contributed by atoms with Crippen molar-refractivity contribution in [1.29, 1.82) is 0 Å². The van der Waals surface area contributed by atoms with Crippen molar-refractivity contribution >= 4 is 17.7 Å². The molecular weight excluding hydrogens is 357 g/mol. The predicted octanol–water partition coefficient (Wildman–Crippen LogP) is 3.87. The molecule has 0 aliphatic heterocycles. The van der Waals surface area contributed by atoms with E-state index in [0.717, 1.165) is 5.57 Å². The minimum absolute atomic E-state index is 0.0177. The molecule has 1 aromatic carbocycles. The lowest BCUT2D eigenvalue weighted by Gasteiger charge is -2.20. The summed E-state index contributed by atoms with van der Waals surface area (Å²) in [5, 5.41) is 8.17. The molecule has 0 radical (unpaired) electrons.